The predicted octanol–water partition coefficient (Wildman–Crippen LogP) is -4.77. The van der Waals surface area contributed by atoms with E-state index in [0.29, 0.717) is 17.5 Å². The molecule has 74 heavy (non-hydrogen) atoms. The molecular formula is C47H68N14O13. The van der Waals surface area contributed by atoms with E-state index in [1.54, 1.807) is 49.5 Å². The Bertz CT molecular complexity index is 2350. The van der Waals surface area contributed by atoms with Crippen molar-refractivity contribution in [2.75, 3.05) is 20.1 Å². The van der Waals surface area contributed by atoms with Gasteiger partial charge in [-0.1, -0.05) is 42.5 Å². The summed E-state index contributed by atoms with van der Waals surface area (Å²) in [4.78, 5) is 149. The van der Waals surface area contributed by atoms with Crippen molar-refractivity contribution in [1.82, 2.24) is 42.1 Å². The normalized spacial score (nSPS) is 15.8. The van der Waals surface area contributed by atoms with E-state index >= 15 is 0 Å². The second-order valence-electron chi connectivity index (χ2n) is 17.6. The predicted molar refractivity (Wildman–Crippen MR) is 265 cm³/mol. The molecule has 0 radical (unpaired) electrons. The van der Waals surface area contributed by atoms with Crippen LogP contribution in [0.1, 0.15) is 75.8 Å². The molecule has 0 saturated carbocycles. The summed E-state index contributed by atoms with van der Waals surface area (Å²) in [5.41, 5.74) is 28.4. The summed E-state index contributed by atoms with van der Waals surface area (Å²) in [5, 5.41) is 36.6. The first-order valence-corrected chi connectivity index (χ1v) is 23.7. The van der Waals surface area contributed by atoms with E-state index in [2.05, 4.69) is 42.2 Å². The third-order valence-corrected chi connectivity index (χ3v) is 11.8. The molecule has 0 spiro atoms. The minimum absolute atomic E-state index is 0.0275. The van der Waals surface area contributed by atoms with Gasteiger partial charge in [-0.15, -0.1) is 0 Å². The average Bonchev–Trinajstić information content (AvgIpc) is 3.84. The molecule has 1 aliphatic heterocycles. The number of likely N-dealkylation sites (N-methyl/N-ethyl adjacent to an activating group) is 1. The molecule has 3 unspecified atom stereocenters. The maximum Gasteiger partial charge on any atom is 0.303 e. The molecular weight excluding hydrogens is 969 g/mol. The molecule has 3 rings (SSSR count). The fourth-order valence-electron chi connectivity index (χ4n) is 7.83. The van der Waals surface area contributed by atoms with Gasteiger partial charge in [-0.2, -0.15) is 0 Å². The average molecular weight is 1040 g/mol. The van der Waals surface area contributed by atoms with Crippen LogP contribution in [-0.4, -0.2) is 155 Å². The number of carboxylic acids is 1. The lowest BCUT2D eigenvalue weighted by Gasteiger charge is -2.30. The van der Waals surface area contributed by atoms with Gasteiger partial charge in [0.1, 0.15) is 48.0 Å². The van der Waals surface area contributed by atoms with Crippen LogP contribution in [-0.2, 0) is 65.6 Å². The number of phenols is 1. The third-order valence-electron chi connectivity index (χ3n) is 11.8. The quantitative estimate of drug-likeness (QED) is 0.0192. The first kappa shape index (κ1) is 59.9. The van der Waals surface area contributed by atoms with Gasteiger partial charge in [0.15, 0.2) is 5.96 Å². The highest BCUT2D eigenvalue weighted by molar-refractivity contribution is 5.99. The summed E-state index contributed by atoms with van der Waals surface area (Å²) in [5.74, 6) is -10.4. The molecule has 0 aromatic heterocycles. The molecule has 1 fully saturated rings. The number of likely N-dealkylation sites (tertiary alicyclic amines) is 1. The van der Waals surface area contributed by atoms with Gasteiger partial charge in [0.2, 0.25) is 59.1 Å². The smallest absolute Gasteiger partial charge is 0.303 e. The standard InChI is InChI=1S/C47H68N14O13/c1-25(46(74)61-21-7-11-35(61)45(73)58-30(10-6-20-54-47(51)52)40(68)56-29(39(50)67)17-19-38(65)66)55-43(71)34(24-37(49)64)60-41(69)31(16-18-36(48)63)57-44(72)33(23-26-8-4-3-5-9-26)59-42(70)32(53-2)22-27-12-14-28(62)15-13-27/h3-5,8-9,12-15,25,29-35,53,62H,6-7,10-11,16-24H2,1-2H3,(H2,48,63)(H2,49,64)(H2,50,67)(H,55,71)(H,56,68)(H,57,72)(H,58,73)(H,59,70)(H,60,69)(H,65,66)(H4,51,52,54)/t25?,29-,30-,31?,32?,33-,34-,35-/m0/s1. The number of rotatable bonds is 31. The summed E-state index contributed by atoms with van der Waals surface area (Å²) in [7, 11) is 1.54. The van der Waals surface area contributed by atoms with Gasteiger partial charge in [-0.05, 0) is 82.2 Å². The maximum atomic E-state index is 14.1. The SMILES string of the molecule is CNC(Cc1ccc(O)cc1)C(=O)N[C@@H](Cc1ccccc1)C(=O)NC(CCC(N)=O)C(=O)N[C@@H](CC(N)=O)C(=O)NC(C)C(=O)N1CCC[C@H]1C(=O)N[C@@H](CCCN=C(N)N)C(=O)N[C@@H](CCC(=O)O)C(N)=O. The Balaban J connectivity index is 1.79. The number of aromatic hydroxyl groups is 1. The molecule has 19 N–H and O–H groups in total. The number of carboxylic acid groups (broad SMARTS) is 1. The minimum atomic E-state index is -1.75. The van der Waals surface area contributed by atoms with Gasteiger partial charge in [-0.3, -0.25) is 57.7 Å². The van der Waals surface area contributed by atoms with E-state index in [4.69, 9.17) is 33.8 Å². The lowest BCUT2D eigenvalue weighted by atomic mass is 10.0. The fraction of sp³-hybridized carbons (Fsp3) is 0.489. The zero-order valence-corrected chi connectivity index (χ0v) is 41.2. The largest absolute Gasteiger partial charge is 0.508 e. The lowest BCUT2D eigenvalue weighted by Crippen LogP contribution is -2.60. The van der Waals surface area contributed by atoms with Gasteiger partial charge in [0, 0.05) is 32.4 Å². The molecule has 10 amide bonds. The zero-order valence-electron chi connectivity index (χ0n) is 41.2. The monoisotopic (exact) mass is 1040 g/mol. The number of carbonyl (C=O) groups excluding carboxylic acids is 10. The van der Waals surface area contributed by atoms with E-state index in [9.17, 15) is 57.8 Å². The van der Waals surface area contributed by atoms with Gasteiger partial charge in [0.05, 0.1) is 12.5 Å². The first-order chi connectivity index (χ1) is 35.0. The zero-order chi connectivity index (χ0) is 55.1. The number of benzene rings is 2. The van der Waals surface area contributed by atoms with Crippen LogP contribution >= 0.6 is 0 Å². The maximum absolute atomic E-state index is 14.1. The molecule has 404 valence electrons. The van der Waals surface area contributed by atoms with Gasteiger partial charge >= 0.3 is 5.97 Å². The number of nitrogens with zero attached hydrogens (tertiary/aromatic N) is 2. The number of primary amides is 3. The number of nitrogens with two attached hydrogens (primary N) is 5. The molecule has 8 atom stereocenters. The summed E-state index contributed by atoms with van der Waals surface area (Å²) in [6, 6.07) is 3.96. The number of carbonyl (C=O) groups is 11. The topological polar surface area (TPSA) is 458 Å². The van der Waals surface area contributed by atoms with E-state index in [1.165, 1.54) is 19.1 Å². The van der Waals surface area contributed by atoms with Crippen LogP contribution in [0.25, 0.3) is 0 Å². The van der Waals surface area contributed by atoms with E-state index in [-0.39, 0.29) is 63.3 Å². The van der Waals surface area contributed by atoms with Crippen molar-refractivity contribution in [3.63, 3.8) is 0 Å². The van der Waals surface area contributed by atoms with Crippen LogP contribution in [0.3, 0.4) is 0 Å². The number of hydrogen-bond donors (Lipinski definition) is 14. The summed E-state index contributed by atoms with van der Waals surface area (Å²) < 4.78 is 0. The molecule has 2 aromatic carbocycles. The highest BCUT2D eigenvalue weighted by atomic mass is 16.4. The van der Waals surface area contributed by atoms with E-state index in [1.807, 2.05) is 0 Å². The summed E-state index contributed by atoms with van der Waals surface area (Å²) in [6.45, 7) is 1.35. The van der Waals surface area contributed by atoms with Crippen molar-refractivity contribution in [2.24, 2.45) is 33.7 Å². The van der Waals surface area contributed by atoms with Crippen molar-refractivity contribution in [3.05, 3.63) is 65.7 Å². The third kappa shape index (κ3) is 20.4. The second-order valence-corrected chi connectivity index (χ2v) is 17.6. The van der Waals surface area contributed by atoms with Crippen molar-refractivity contribution >= 4 is 71.0 Å². The summed E-state index contributed by atoms with van der Waals surface area (Å²) in [6.07, 6.45) is -1.85. The van der Waals surface area contributed by atoms with Gasteiger partial charge in [-0.25, -0.2) is 0 Å². The molecule has 1 saturated heterocycles. The molecule has 1 heterocycles. The number of phenolic OH excluding ortho intramolecular Hbond substituents is 1. The fourth-order valence-corrected chi connectivity index (χ4v) is 7.83. The number of nitrogens with one attached hydrogen (secondary N) is 7. The van der Waals surface area contributed by atoms with Crippen molar-refractivity contribution < 1.29 is 63.0 Å². The molecule has 2 aromatic rings. The molecule has 27 heteroatoms. The minimum Gasteiger partial charge on any atom is -0.508 e. The first-order valence-electron chi connectivity index (χ1n) is 23.7. The van der Waals surface area contributed by atoms with Crippen LogP contribution in [0.5, 0.6) is 5.75 Å². The van der Waals surface area contributed by atoms with Gasteiger partial charge < -0.3 is 81.0 Å². The van der Waals surface area contributed by atoms with Gasteiger partial charge in [0.25, 0.3) is 0 Å². The summed E-state index contributed by atoms with van der Waals surface area (Å²) >= 11 is 0. The number of guanidine groups is 1. The Morgan fingerprint density at radius 3 is 1.74 bits per heavy atom. The Morgan fingerprint density at radius 1 is 0.635 bits per heavy atom. The van der Waals surface area contributed by atoms with E-state index < -0.39 is 139 Å². The Morgan fingerprint density at radius 2 is 1.16 bits per heavy atom. The molecule has 0 bridgehead atoms. The van der Waals surface area contributed by atoms with Crippen molar-refractivity contribution in [3.8, 4) is 5.75 Å². The number of hydrogen-bond acceptors (Lipinski definition) is 14. The lowest BCUT2D eigenvalue weighted by molar-refractivity contribution is -0.142. The number of aliphatic carboxylic acids is 1. The van der Waals surface area contributed by atoms with Crippen LogP contribution in [0.2, 0.25) is 0 Å². The van der Waals surface area contributed by atoms with Crippen molar-refractivity contribution in [1.29, 1.82) is 0 Å². The molecule has 1 aliphatic rings. The number of aliphatic imine (C=N–C) groups is 1. The van der Waals surface area contributed by atoms with Crippen molar-refractivity contribution in [2.45, 2.75) is 126 Å². The van der Waals surface area contributed by atoms with Crippen LogP contribution in [0.15, 0.2) is 59.6 Å². The highest BCUT2D eigenvalue weighted by Crippen LogP contribution is 2.20. The molecule has 27 nitrogen and oxygen atoms in total. The van der Waals surface area contributed by atoms with Crippen LogP contribution < -0.4 is 65.9 Å². The van der Waals surface area contributed by atoms with E-state index in [0.717, 1.165) is 4.90 Å². The number of amides is 10. The Labute approximate surface area is 426 Å². The van der Waals surface area contributed by atoms with Crippen LogP contribution in [0, 0.1) is 0 Å². The highest BCUT2D eigenvalue weighted by Gasteiger charge is 2.39. The second kappa shape index (κ2) is 29.9. The Kier molecular flexibility index (Phi) is 24.2. The molecule has 0 aliphatic carbocycles. The Hall–Kier alpha value is -8.36. The van der Waals surface area contributed by atoms with Crippen LogP contribution in [0.4, 0.5) is 0 Å².